The number of halogens is 3. The Morgan fingerprint density at radius 3 is 2.54 bits per heavy atom. The van der Waals surface area contributed by atoms with Gasteiger partial charge in [-0.05, 0) is 61.0 Å². The maximum atomic E-state index is 13.3. The number of benzene rings is 2. The first kappa shape index (κ1) is 24.3. The van der Waals surface area contributed by atoms with Gasteiger partial charge in [-0.3, -0.25) is 19.3 Å². The first-order valence-electron chi connectivity index (χ1n) is 10.4. The van der Waals surface area contributed by atoms with E-state index in [1.807, 2.05) is 19.9 Å². The summed E-state index contributed by atoms with van der Waals surface area (Å²) in [6.45, 7) is 3.27. The van der Waals surface area contributed by atoms with Crippen molar-refractivity contribution < 1.29 is 32.0 Å². The average molecular weight is 500 g/mol. The van der Waals surface area contributed by atoms with Crippen molar-refractivity contribution in [2.45, 2.75) is 20.0 Å². The molecule has 4 rings (SSSR count). The summed E-state index contributed by atoms with van der Waals surface area (Å²) in [5.74, 6) is -1.16. The van der Waals surface area contributed by atoms with E-state index in [1.54, 1.807) is 12.1 Å². The Morgan fingerprint density at radius 1 is 1.06 bits per heavy atom. The minimum Gasteiger partial charge on any atom is -0.457 e. The number of anilines is 1. The SMILES string of the molecule is Cc1cccc(NC(=O)CN2C(=O)S/C(=C/c3ccc(-c4ccccc4C(F)(F)F)o3)C2=O)c1C. The van der Waals surface area contributed by atoms with E-state index in [4.69, 9.17) is 4.42 Å². The lowest BCUT2D eigenvalue weighted by Crippen LogP contribution is -2.36. The molecule has 0 unspecified atom stereocenters. The molecule has 0 aliphatic carbocycles. The van der Waals surface area contributed by atoms with Crippen molar-refractivity contribution in [2.75, 3.05) is 11.9 Å². The van der Waals surface area contributed by atoms with Gasteiger partial charge in [0.1, 0.15) is 18.1 Å². The van der Waals surface area contributed by atoms with Gasteiger partial charge in [-0.25, -0.2) is 0 Å². The molecule has 1 saturated heterocycles. The van der Waals surface area contributed by atoms with Crippen LogP contribution in [0.4, 0.5) is 23.7 Å². The van der Waals surface area contributed by atoms with Crippen LogP contribution in [-0.2, 0) is 15.8 Å². The molecular weight excluding hydrogens is 481 g/mol. The fraction of sp³-hybridized carbons (Fsp3) is 0.160. The first-order chi connectivity index (χ1) is 16.5. The van der Waals surface area contributed by atoms with Crippen LogP contribution in [0.1, 0.15) is 22.5 Å². The van der Waals surface area contributed by atoms with Crippen molar-refractivity contribution in [3.8, 4) is 11.3 Å². The fourth-order valence-electron chi connectivity index (χ4n) is 3.51. The summed E-state index contributed by atoms with van der Waals surface area (Å²) in [5.41, 5.74) is 1.44. The third kappa shape index (κ3) is 5.17. The van der Waals surface area contributed by atoms with Crippen molar-refractivity contribution in [1.29, 1.82) is 0 Å². The van der Waals surface area contributed by atoms with E-state index < -0.39 is 35.3 Å². The summed E-state index contributed by atoms with van der Waals surface area (Å²) in [5, 5.41) is 2.07. The molecule has 6 nitrogen and oxygen atoms in total. The van der Waals surface area contributed by atoms with Crippen LogP contribution in [0.15, 0.2) is 63.9 Å². The molecule has 0 spiro atoms. The van der Waals surface area contributed by atoms with Gasteiger partial charge >= 0.3 is 6.18 Å². The molecule has 180 valence electrons. The molecule has 10 heteroatoms. The van der Waals surface area contributed by atoms with Gasteiger partial charge in [0.05, 0.1) is 10.5 Å². The minimum atomic E-state index is -4.57. The summed E-state index contributed by atoms with van der Waals surface area (Å²) in [4.78, 5) is 38.4. The Labute approximate surface area is 202 Å². The van der Waals surface area contributed by atoms with Crippen LogP contribution >= 0.6 is 11.8 Å². The van der Waals surface area contributed by atoms with Crippen molar-refractivity contribution >= 4 is 40.6 Å². The normalized spacial score (nSPS) is 15.2. The molecule has 35 heavy (non-hydrogen) atoms. The highest BCUT2D eigenvalue weighted by molar-refractivity contribution is 8.18. The number of carbonyl (C=O) groups excluding carboxylic acids is 3. The van der Waals surface area contributed by atoms with Crippen molar-refractivity contribution in [2.24, 2.45) is 0 Å². The van der Waals surface area contributed by atoms with Crippen LogP contribution in [0, 0.1) is 13.8 Å². The van der Waals surface area contributed by atoms with E-state index in [9.17, 15) is 27.6 Å². The van der Waals surface area contributed by atoms with Gasteiger partial charge in [0.15, 0.2) is 0 Å². The van der Waals surface area contributed by atoms with Crippen molar-refractivity contribution in [3.63, 3.8) is 0 Å². The number of nitrogens with zero attached hydrogens (tertiary/aromatic N) is 1. The smallest absolute Gasteiger partial charge is 0.417 e. The Hall–Kier alpha value is -3.79. The zero-order chi connectivity index (χ0) is 25.3. The van der Waals surface area contributed by atoms with E-state index in [0.29, 0.717) is 17.4 Å². The van der Waals surface area contributed by atoms with Crippen LogP contribution in [-0.4, -0.2) is 28.5 Å². The number of nitrogens with one attached hydrogen (secondary N) is 1. The second kappa shape index (κ2) is 9.46. The predicted octanol–water partition coefficient (Wildman–Crippen LogP) is 6.26. The first-order valence-corrected chi connectivity index (χ1v) is 11.2. The van der Waals surface area contributed by atoms with Crippen LogP contribution in [0.25, 0.3) is 17.4 Å². The zero-order valence-corrected chi connectivity index (χ0v) is 19.4. The summed E-state index contributed by atoms with van der Waals surface area (Å²) >= 11 is 0.622. The lowest BCUT2D eigenvalue weighted by atomic mass is 10.1. The maximum Gasteiger partial charge on any atom is 0.417 e. The monoisotopic (exact) mass is 500 g/mol. The lowest BCUT2D eigenvalue weighted by molar-refractivity contribution is -0.137. The molecule has 0 saturated carbocycles. The van der Waals surface area contributed by atoms with Gasteiger partial charge in [-0.2, -0.15) is 13.2 Å². The molecule has 0 bridgehead atoms. The molecule has 1 N–H and O–H groups in total. The van der Waals surface area contributed by atoms with Crippen LogP contribution in [0.3, 0.4) is 0 Å². The Kier molecular flexibility index (Phi) is 6.58. The van der Waals surface area contributed by atoms with Crippen molar-refractivity contribution in [1.82, 2.24) is 4.90 Å². The molecule has 3 amide bonds. The number of alkyl halides is 3. The van der Waals surface area contributed by atoms with E-state index in [-0.39, 0.29) is 22.0 Å². The van der Waals surface area contributed by atoms with Gasteiger partial charge in [0.2, 0.25) is 5.91 Å². The van der Waals surface area contributed by atoms with Gasteiger partial charge < -0.3 is 9.73 Å². The highest BCUT2D eigenvalue weighted by atomic mass is 32.2. The number of imide groups is 1. The highest BCUT2D eigenvalue weighted by Gasteiger charge is 2.37. The summed E-state index contributed by atoms with van der Waals surface area (Å²) in [6.07, 6.45) is -3.29. The molecule has 1 aliphatic heterocycles. The number of amides is 3. The standard InChI is InChI=1S/C25H19F3N2O4S/c1-14-6-5-9-19(15(14)2)29-22(31)13-30-23(32)21(35-24(30)33)12-16-10-11-20(34-16)17-7-3-4-8-18(17)25(26,27)28/h3-12H,13H2,1-2H3,(H,29,31)/b21-12+. The topological polar surface area (TPSA) is 79.6 Å². The molecule has 1 aromatic heterocycles. The lowest BCUT2D eigenvalue weighted by Gasteiger charge is -2.14. The zero-order valence-electron chi connectivity index (χ0n) is 18.6. The van der Waals surface area contributed by atoms with E-state index in [2.05, 4.69) is 5.32 Å². The Balaban J connectivity index is 1.50. The number of thioether (sulfide) groups is 1. The van der Waals surface area contributed by atoms with E-state index in [0.717, 1.165) is 22.1 Å². The largest absolute Gasteiger partial charge is 0.457 e. The molecule has 0 atom stereocenters. The summed E-state index contributed by atoms with van der Waals surface area (Å²) in [7, 11) is 0. The molecule has 1 aliphatic rings. The van der Waals surface area contributed by atoms with Crippen LogP contribution < -0.4 is 5.32 Å². The third-order valence-corrected chi connectivity index (χ3v) is 6.36. The second-order valence-electron chi connectivity index (χ2n) is 7.81. The van der Waals surface area contributed by atoms with Gasteiger partial charge in [-0.15, -0.1) is 0 Å². The summed E-state index contributed by atoms with van der Waals surface area (Å²) in [6, 6.07) is 13.1. The molecule has 3 aromatic rings. The minimum absolute atomic E-state index is 0.000423. The number of hydrogen-bond acceptors (Lipinski definition) is 5. The van der Waals surface area contributed by atoms with Crippen LogP contribution in [0.5, 0.6) is 0 Å². The Bertz CT molecular complexity index is 1360. The third-order valence-electron chi connectivity index (χ3n) is 5.45. The number of hydrogen-bond donors (Lipinski definition) is 1. The molecular formula is C25H19F3N2O4S. The summed E-state index contributed by atoms with van der Waals surface area (Å²) < 4.78 is 45.5. The number of carbonyl (C=O) groups is 3. The van der Waals surface area contributed by atoms with E-state index in [1.165, 1.54) is 36.4 Å². The number of rotatable bonds is 5. The van der Waals surface area contributed by atoms with E-state index >= 15 is 0 Å². The van der Waals surface area contributed by atoms with Gasteiger partial charge in [0, 0.05) is 17.3 Å². The fourth-order valence-corrected chi connectivity index (χ4v) is 4.32. The quantitative estimate of drug-likeness (QED) is 0.419. The molecule has 0 radical (unpaired) electrons. The average Bonchev–Trinajstić information content (AvgIpc) is 3.37. The number of aryl methyl sites for hydroxylation is 1. The maximum absolute atomic E-state index is 13.3. The van der Waals surface area contributed by atoms with Crippen molar-refractivity contribution in [3.05, 3.63) is 82.0 Å². The molecule has 1 fully saturated rings. The highest BCUT2D eigenvalue weighted by Crippen LogP contribution is 2.38. The second-order valence-corrected chi connectivity index (χ2v) is 8.80. The van der Waals surface area contributed by atoms with Crippen LogP contribution in [0.2, 0.25) is 0 Å². The number of furan rings is 1. The predicted molar refractivity (Wildman–Crippen MR) is 126 cm³/mol. The van der Waals surface area contributed by atoms with Gasteiger partial charge in [0.25, 0.3) is 11.1 Å². The van der Waals surface area contributed by atoms with Gasteiger partial charge in [-0.1, -0.05) is 30.3 Å². The molecule has 2 aromatic carbocycles. The Morgan fingerprint density at radius 2 is 1.80 bits per heavy atom. The molecule has 2 heterocycles.